The number of esters is 2. The number of benzene rings is 1. The van der Waals surface area contributed by atoms with Crippen LogP contribution in [0.4, 0.5) is 0 Å². The summed E-state index contributed by atoms with van der Waals surface area (Å²) in [4.78, 5) is 27.9. The van der Waals surface area contributed by atoms with Crippen LogP contribution in [0.1, 0.15) is 27.8 Å². The van der Waals surface area contributed by atoms with Gasteiger partial charge in [-0.15, -0.1) is 0 Å². The molecule has 0 unspecified atom stereocenters. The van der Waals surface area contributed by atoms with Gasteiger partial charge in [0.1, 0.15) is 5.69 Å². The van der Waals surface area contributed by atoms with Crippen molar-refractivity contribution < 1.29 is 19.1 Å². The van der Waals surface area contributed by atoms with Gasteiger partial charge in [0, 0.05) is 5.56 Å². The highest BCUT2D eigenvalue weighted by Gasteiger charge is 2.18. The zero-order valence-corrected chi connectivity index (χ0v) is 11.8. The molecule has 0 bridgehead atoms. The highest BCUT2D eigenvalue weighted by atomic mass is 16.5. The van der Waals surface area contributed by atoms with Crippen LogP contribution in [0.5, 0.6) is 0 Å². The fourth-order valence-corrected chi connectivity index (χ4v) is 1.87. The number of carbonyl (C=O) groups excluding carboxylic acids is 2. The molecule has 0 saturated carbocycles. The molecule has 21 heavy (non-hydrogen) atoms. The predicted molar refractivity (Wildman–Crippen MR) is 77.0 cm³/mol. The van der Waals surface area contributed by atoms with Crippen molar-refractivity contribution in [3.05, 3.63) is 53.7 Å². The Morgan fingerprint density at radius 1 is 1.05 bits per heavy atom. The Balaban J connectivity index is 2.54. The standard InChI is InChI=1S/C16H15NO4/c1-3-21-16(19)13-10-9-12(15(18)20-2)14(17-13)11-7-5-4-6-8-11/h4-10H,3H2,1-2H3. The lowest BCUT2D eigenvalue weighted by molar-refractivity contribution is 0.0516. The zero-order valence-electron chi connectivity index (χ0n) is 11.8. The van der Waals surface area contributed by atoms with Crippen LogP contribution in [-0.2, 0) is 9.47 Å². The number of ether oxygens (including phenoxy) is 2. The number of pyridine rings is 1. The number of hydrogen-bond acceptors (Lipinski definition) is 5. The molecular formula is C16H15NO4. The van der Waals surface area contributed by atoms with Gasteiger partial charge in [0.05, 0.1) is 25.0 Å². The van der Waals surface area contributed by atoms with Gasteiger partial charge >= 0.3 is 11.9 Å². The van der Waals surface area contributed by atoms with Crippen LogP contribution in [0.3, 0.4) is 0 Å². The molecule has 0 saturated heterocycles. The summed E-state index contributed by atoms with van der Waals surface area (Å²) in [6.07, 6.45) is 0. The first kappa shape index (κ1) is 14.7. The van der Waals surface area contributed by atoms with Crippen molar-refractivity contribution in [3.8, 4) is 11.3 Å². The van der Waals surface area contributed by atoms with Gasteiger partial charge in [0.25, 0.3) is 0 Å². The van der Waals surface area contributed by atoms with Crippen molar-refractivity contribution in [2.45, 2.75) is 6.92 Å². The summed E-state index contributed by atoms with van der Waals surface area (Å²) >= 11 is 0. The summed E-state index contributed by atoms with van der Waals surface area (Å²) in [5.41, 5.74) is 1.58. The molecule has 0 spiro atoms. The van der Waals surface area contributed by atoms with Gasteiger partial charge in [-0.25, -0.2) is 14.6 Å². The molecule has 0 atom stereocenters. The average molecular weight is 285 g/mol. The van der Waals surface area contributed by atoms with Gasteiger partial charge < -0.3 is 9.47 Å². The molecular weight excluding hydrogens is 270 g/mol. The lowest BCUT2D eigenvalue weighted by atomic mass is 10.1. The molecule has 0 aliphatic heterocycles. The van der Waals surface area contributed by atoms with Crippen molar-refractivity contribution in [3.63, 3.8) is 0 Å². The molecule has 1 heterocycles. The molecule has 5 nitrogen and oxygen atoms in total. The third-order valence-corrected chi connectivity index (χ3v) is 2.83. The van der Waals surface area contributed by atoms with E-state index >= 15 is 0 Å². The normalized spacial score (nSPS) is 10.0. The number of methoxy groups -OCH3 is 1. The van der Waals surface area contributed by atoms with Gasteiger partial charge in [-0.1, -0.05) is 30.3 Å². The first-order valence-electron chi connectivity index (χ1n) is 6.49. The van der Waals surface area contributed by atoms with Crippen molar-refractivity contribution in [1.82, 2.24) is 4.98 Å². The molecule has 5 heteroatoms. The third-order valence-electron chi connectivity index (χ3n) is 2.83. The Kier molecular flexibility index (Phi) is 4.66. The molecule has 0 amide bonds. The lowest BCUT2D eigenvalue weighted by Gasteiger charge is -2.09. The van der Waals surface area contributed by atoms with Gasteiger partial charge in [-0.2, -0.15) is 0 Å². The van der Waals surface area contributed by atoms with Crippen LogP contribution in [0.25, 0.3) is 11.3 Å². The molecule has 0 N–H and O–H groups in total. The SMILES string of the molecule is CCOC(=O)c1ccc(C(=O)OC)c(-c2ccccc2)n1. The van der Waals surface area contributed by atoms with E-state index in [1.807, 2.05) is 30.3 Å². The Hall–Kier alpha value is -2.69. The minimum absolute atomic E-state index is 0.156. The minimum atomic E-state index is -0.522. The molecule has 0 aliphatic rings. The molecule has 0 aliphatic carbocycles. The molecule has 2 rings (SSSR count). The second-order valence-corrected chi connectivity index (χ2v) is 4.17. The van der Waals surface area contributed by atoms with E-state index in [0.29, 0.717) is 11.3 Å². The van der Waals surface area contributed by atoms with E-state index < -0.39 is 11.9 Å². The fourth-order valence-electron chi connectivity index (χ4n) is 1.87. The van der Waals surface area contributed by atoms with E-state index in [1.54, 1.807) is 6.92 Å². The molecule has 0 radical (unpaired) electrons. The molecule has 1 aromatic heterocycles. The zero-order chi connectivity index (χ0) is 15.2. The Morgan fingerprint density at radius 3 is 2.38 bits per heavy atom. The van der Waals surface area contributed by atoms with E-state index in [4.69, 9.17) is 9.47 Å². The maximum absolute atomic E-state index is 11.8. The van der Waals surface area contributed by atoms with Crippen LogP contribution in [0.15, 0.2) is 42.5 Å². The predicted octanol–water partition coefficient (Wildman–Crippen LogP) is 2.71. The number of hydrogen-bond donors (Lipinski definition) is 0. The summed E-state index contributed by atoms with van der Waals surface area (Å²) in [6, 6.07) is 12.1. The van der Waals surface area contributed by atoms with E-state index in [9.17, 15) is 9.59 Å². The second-order valence-electron chi connectivity index (χ2n) is 4.17. The lowest BCUT2D eigenvalue weighted by Crippen LogP contribution is -2.11. The van der Waals surface area contributed by atoms with Crippen molar-refractivity contribution in [2.24, 2.45) is 0 Å². The van der Waals surface area contributed by atoms with Crippen LogP contribution in [-0.4, -0.2) is 30.6 Å². The minimum Gasteiger partial charge on any atom is -0.465 e. The smallest absolute Gasteiger partial charge is 0.356 e. The van der Waals surface area contributed by atoms with Crippen molar-refractivity contribution in [1.29, 1.82) is 0 Å². The Labute approximate surface area is 122 Å². The second kappa shape index (κ2) is 6.65. The number of aromatic nitrogens is 1. The van der Waals surface area contributed by atoms with Gasteiger partial charge in [-0.3, -0.25) is 0 Å². The number of rotatable bonds is 4. The largest absolute Gasteiger partial charge is 0.465 e. The van der Waals surface area contributed by atoms with E-state index in [2.05, 4.69) is 4.98 Å². The summed E-state index contributed by atoms with van der Waals surface area (Å²) in [5.74, 6) is -1.03. The van der Waals surface area contributed by atoms with E-state index in [0.717, 1.165) is 5.56 Å². The van der Waals surface area contributed by atoms with Gasteiger partial charge in [0.2, 0.25) is 0 Å². The topological polar surface area (TPSA) is 65.5 Å². The quantitative estimate of drug-likeness (QED) is 0.808. The van der Waals surface area contributed by atoms with Crippen molar-refractivity contribution >= 4 is 11.9 Å². The summed E-state index contributed by atoms with van der Waals surface area (Å²) < 4.78 is 9.68. The van der Waals surface area contributed by atoms with Crippen LogP contribution < -0.4 is 0 Å². The van der Waals surface area contributed by atoms with Gasteiger partial charge in [0.15, 0.2) is 0 Å². The fraction of sp³-hybridized carbons (Fsp3) is 0.188. The Morgan fingerprint density at radius 2 is 1.76 bits per heavy atom. The average Bonchev–Trinajstić information content (AvgIpc) is 2.54. The highest BCUT2D eigenvalue weighted by Crippen LogP contribution is 2.23. The summed E-state index contributed by atoms with van der Waals surface area (Å²) in [7, 11) is 1.30. The Bertz CT molecular complexity index is 653. The maximum Gasteiger partial charge on any atom is 0.356 e. The third kappa shape index (κ3) is 3.25. The molecule has 2 aromatic rings. The molecule has 0 fully saturated rings. The van der Waals surface area contributed by atoms with Crippen LogP contribution in [0.2, 0.25) is 0 Å². The van der Waals surface area contributed by atoms with Gasteiger partial charge in [-0.05, 0) is 19.1 Å². The number of carbonyl (C=O) groups is 2. The molecule has 1 aromatic carbocycles. The summed E-state index contributed by atoms with van der Waals surface area (Å²) in [6.45, 7) is 1.98. The van der Waals surface area contributed by atoms with Crippen LogP contribution in [0, 0.1) is 0 Å². The van der Waals surface area contributed by atoms with E-state index in [-0.39, 0.29) is 12.3 Å². The van der Waals surface area contributed by atoms with E-state index in [1.165, 1.54) is 19.2 Å². The number of nitrogens with zero attached hydrogens (tertiary/aromatic N) is 1. The maximum atomic E-state index is 11.8. The molecule has 108 valence electrons. The van der Waals surface area contributed by atoms with Crippen LogP contribution >= 0.6 is 0 Å². The summed E-state index contributed by atoms with van der Waals surface area (Å²) in [5, 5.41) is 0. The first-order valence-corrected chi connectivity index (χ1v) is 6.49. The highest BCUT2D eigenvalue weighted by molar-refractivity contribution is 5.97. The van der Waals surface area contributed by atoms with Crippen molar-refractivity contribution in [2.75, 3.05) is 13.7 Å². The first-order chi connectivity index (χ1) is 10.2. The monoisotopic (exact) mass is 285 g/mol.